The second-order valence-corrected chi connectivity index (χ2v) is 1.66. The summed E-state index contributed by atoms with van der Waals surface area (Å²) >= 11 is 0. The molecule has 0 unspecified atom stereocenters. The maximum atomic E-state index is 10.1. The van der Waals surface area contributed by atoms with Gasteiger partial charge in [-0.2, -0.15) is 0 Å². The lowest BCUT2D eigenvalue weighted by atomic mass is 10.2. The third-order valence-corrected chi connectivity index (χ3v) is 0.514. The molecular formula is C9H21NO. The van der Waals surface area contributed by atoms with Crippen LogP contribution in [0.5, 0.6) is 0 Å². The topological polar surface area (TPSA) is 40.9 Å². The van der Waals surface area contributed by atoms with Crippen molar-refractivity contribution < 1.29 is 4.79 Å². The lowest BCUT2D eigenvalue weighted by Crippen LogP contribution is -1.96. The Balaban J connectivity index is -0.000000138. The van der Waals surface area contributed by atoms with E-state index in [1.807, 2.05) is 27.7 Å². The number of rotatable bonds is 2. The minimum Gasteiger partial charge on any atom is -0.310 e. The Morgan fingerprint density at radius 1 is 1.09 bits per heavy atom. The monoisotopic (exact) mass is 159 g/mol. The minimum absolute atomic E-state index is 0.0625. The molecule has 11 heavy (non-hydrogen) atoms. The van der Waals surface area contributed by atoms with Crippen LogP contribution in [0.4, 0.5) is 0 Å². The van der Waals surface area contributed by atoms with Crippen LogP contribution in [0.3, 0.4) is 0 Å². The van der Waals surface area contributed by atoms with Crippen molar-refractivity contribution in [2.24, 2.45) is 0 Å². The molecule has 0 aliphatic carbocycles. The number of carbonyl (C=O) groups is 1. The predicted molar refractivity (Wildman–Crippen MR) is 51.4 cm³/mol. The van der Waals surface area contributed by atoms with Crippen LogP contribution in [0.15, 0.2) is 0 Å². The standard InChI is InChI=1S/C5H9NO.2C2H6/c1-4(6)3-5(2)7;2*1-2/h6H,3H2,1-2H3;2*1-2H3. The maximum absolute atomic E-state index is 10.1. The first-order valence-electron chi connectivity index (χ1n) is 4.16. The molecule has 0 aromatic rings. The minimum atomic E-state index is 0.0625. The zero-order valence-corrected chi connectivity index (χ0v) is 8.62. The molecule has 0 amide bonds. The molecule has 2 nitrogen and oxygen atoms in total. The number of ketones is 1. The summed E-state index contributed by atoms with van der Waals surface area (Å²) in [5.74, 6) is 0.0625. The fourth-order valence-corrected chi connectivity index (χ4v) is 0.373. The summed E-state index contributed by atoms with van der Waals surface area (Å²) < 4.78 is 0. The Labute approximate surface area is 70.5 Å². The third-order valence-electron chi connectivity index (χ3n) is 0.514. The van der Waals surface area contributed by atoms with Crippen molar-refractivity contribution in [3.05, 3.63) is 0 Å². The van der Waals surface area contributed by atoms with Gasteiger partial charge in [-0.1, -0.05) is 27.7 Å². The molecular weight excluding hydrogens is 138 g/mol. The van der Waals surface area contributed by atoms with Crippen LogP contribution in [0.25, 0.3) is 0 Å². The van der Waals surface area contributed by atoms with E-state index in [0.29, 0.717) is 12.1 Å². The van der Waals surface area contributed by atoms with E-state index in [1.165, 1.54) is 6.92 Å². The van der Waals surface area contributed by atoms with Crippen molar-refractivity contribution in [3.8, 4) is 0 Å². The third kappa shape index (κ3) is 45.1. The van der Waals surface area contributed by atoms with Crippen LogP contribution in [-0.2, 0) is 4.79 Å². The lowest BCUT2D eigenvalue weighted by molar-refractivity contribution is -0.115. The summed E-state index contributed by atoms with van der Waals surface area (Å²) in [6, 6.07) is 0. The van der Waals surface area contributed by atoms with Crippen LogP contribution < -0.4 is 0 Å². The highest BCUT2D eigenvalue weighted by molar-refractivity contribution is 5.98. The quantitative estimate of drug-likeness (QED) is 0.618. The van der Waals surface area contributed by atoms with Gasteiger partial charge >= 0.3 is 0 Å². The molecule has 0 saturated carbocycles. The van der Waals surface area contributed by atoms with E-state index in [0.717, 1.165) is 0 Å². The molecule has 0 aromatic heterocycles. The molecule has 0 radical (unpaired) electrons. The first-order chi connectivity index (χ1) is 5.13. The molecule has 0 rings (SSSR count). The van der Waals surface area contributed by atoms with Crippen LogP contribution in [0.1, 0.15) is 48.0 Å². The summed E-state index contributed by atoms with van der Waals surface area (Å²) in [4.78, 5) is 10.1. The van der Waals surface area contributed by atoms with Crippen LogP contribution in [-0.4, -0.2) is 11.5 Å². The molecule has 0 saturated heterocycles. The van der Waals surface area contributed by atoms with E-state index in [-0.39, 0.29) is 5.78 Å². The van der Waals surface area contributed by atoms with Crippen molar-refractivity contribution in [2.75, 3.05) is 0 Å². The Morgan fingerprint density at radius 2 is 1.36 bits per heavy atom. The maximum Gasteiger partial charge on any atom is 0.135 e. The number of hydrogen-bond acceptors (Lipinski definition) is 2. The van der Waals surface area contributed by atoms with Crippen molar-refractivity contribution in [1.82, 2.24) is 0 Å². The predicted octanol–water partition coefficient (Wildman–Crippen LogP) is 3.06. The summed E-state index contributed by atoms with van der Waals surface area (Å²) in [5, 5.41) is 6.80. The molecule has 0 heterocycles. The zero-order valence-electron chi connectivity index (χ0n) is 8.62. The average molecular weight is 159 g/mol. The second-order valence-electron chi connectivity index (χ2n) is 1.66. The number of hydrogen-bond donors (Lipinski definition) is 1. The SMILES string of the molecule is CC.CC.CC(=N)CC(C)=O. The van der Waals surface area contributed by atoms with Crippen molar-refractivity contribution in [2.45, 2.75) is 48.0 Å². The van der Waals surface area contributed by atoms with Gasteiger partial charge in [0, 0.05) is 12.1 Å². The molecule has 2 heteroatoms. The van der Waals surface area contributed by atoms with Crippen molar-refractivity contribution >= 4 is 11.5 Å². The smallest absolute Gasteiger partial charge is 0.135 e. The van der Waals surface area contributed by atoms with Gasteiger partial charge in [0.2, 0.25) is 0 Å². The first kappa shape index (κ1) is 16.7. The van der Waals surface area contributed by atoms with E-state index in [4.69, 9.17) is 5.41 Å². The van der Waals surface area contributed by atoms with Gasteiger partial charge in [-0.3, -0.25) is 4.79 Å². The van der Waals surface area contributed by atoms with Gasteiger partial charge in [-0.25, -0.2) is 0 Å². The van der Waals surface area contributed by atoms with Crippen LogP contribution in [0.2, 0.25) is 0 Å². The molecule has 0 aliphatic rings. The highest BCUT2D eigenvalue weighted by atomic mass is 16.1. The molecule has 0 aliphatic heterocycles. The Bertz CT molecular complexity index is 85.7. The summed E-state index contributed by atoms with van der Waals surface area (Å²) in [6.45, 7) is 11.1. The second kappa shape index (κ2) is 16.2. The number of carbonyl (C=O) groups excluding carboxylic acids is 1. The summed E-state index contributed by atoms with van der Waals surface area (Å²) in [6.07, 6.45) is 0.306. The lowest BCUT2D eigenvalue weighted by Gasteiger charge is -1.85. The Hall–Kier alpha value is -0.660. The molecule has 1 N–H and O–H groups in total. The van der Waals surface area contributed by atoms with Gasteiger partial charge in [-0.15, -0.1) is 0 Å². The highest BCUT2D eigenvalue weighted by Gasteiger charge is 1.90. The van der Waals surface area contributed by atoms with Crippen molar-refractivity contribution in [1.29, 1.82) is 5.41 Å². The van der Waals surface area contributed by atoms with Crippen LogP contribution in [0, 0.1) is 5.41 Å². The molecule has 0 fully saturated rings. The van der Waals surface area contributed by atoms with E-state index < -0.39 is 0 Å². The number of nitrogens with one attached hydrogen (secondary N) is 1. The Kier molecular flexibility index (Phi) is 24.6. The molecule has 0 spiro atoms. The zero-order chi connectivity index (χ0) is 9.86. The van der Waals surface area contributed by atoms with Gasteiger partial charge in [0.1, 0.15) is 5.78 Å². The summed E-state index contributed by atoms with van der Waals surface area (Å²) in [7, 11) is 0. The largest absolute Gasteiger partial charge is 0.310 e. The van der Waals surface area contributed by atoms with E-state index in [2.05, 4.69) is 0 Å². The molecule has 68 valence electrons. The fraction of sp³-hybridized carbons (Fsp3) is 0.778. The van der Waals surface area contributed by atoms with Gasteiger partial charge < -0.3 is 5.41 Å². The van der Waals surface area contributed by atoms with Gasteiger partial charge in [0.05, 0.1) is 0 Å². The highest BCUT2D eigenvalue weighted by Crippen LogP contribution is 1.81. The molecule has 0 bridgehead atoms. The number of Topliss-reactive ketones (excluding diaryl/α,β-unsaturated/α-hetero) is 1. The van der Waals surface area contributed by atoms with Crippen LogP contribution >= 0.6 is 0 Å². The van der Waals surface area contributed by atoms with E-state index >= 15 is 0 Å². The average Bonchev–Trinajstić information content (AvgIpc) is 1.93. The Morgan fingerprint density at radius 3 is 1.36 bits per heavy atom. The van der Waals surface area contributed by atoms with E-state index in [1.54, 1.807) is 6.92 Å². The summed E-state index contributed by atoms with van der Waals surface area (Å²) in [5.41, 5.74) is 0.438. The van der Waals surface area contributed by atoms with E-state index in [9.17, 15) is 4.79 Å². The van der Waals surface area contributed by atoms with Crippen molar-refractivity contribution in [3.63, 3.8) is 0 Å². The first-order valence-corrected chi connectivity index (χ1v) is 4.16. The fourth-order valence-electron chi connectivity index (χ4n) is 0.373. The van der Waals surface area contributed by atoms with Gasteiger partial charge in [0.15, 0.2) is 0 Å². The molecule has 0 atom stereocenters. The van der Waals surface area contributed by atoms with Gasteiger partial charge in [-0.05, 0) is 13.8 Å². The van der Waals surface area contributed by atoms with Gasteiger partial charge in [0.25, 0.3) is 0 Å². The normalized spacial score (nSPS) is 6.36. The molecule has 0 aromatic carbocycles.